The topological polar surface area (TPSA) is 96.4 Å². The van der Waals surface area contributed by atoms with Crippen LogP contribution in [0.2, 0.25) is 0 Å². The lowest BCUT2D eigenvalue weighted by molar-refractivity contribution is -0.134. The number of carbonyl (C=O) groups excluding carboxylic acids is 1. The number of piperazine rings is 1. The van der Waals surface area contributed by atoms with Crippen molar-refractivity contribution in [2.75, 3.05) is 39.9 Å². The predicted octanol–water partition coefficient (Wildman–Crippen LogP) is 1.62. The van der Waals surface area contributed by atoms with Gasteiger partial charge in [0.25, 0.3) is 5.91 Å². The molecule has 0 bridgehead atoms. The van der Waals surface area contributed by atoms with Crippen LogP contribution in [0.5, 0.6) is 17.2 Å². The summed E-state index contributed by atoms with van der Waals surface area (Å²) in [5, 5.41) is 9.69. The molecule has 1 amide bonds. The molecule has 1 fully saturated rings. The number of methoxy groups -OCH3 is 1. The molecule has 9 heteroatoms. The monoisotopic (exact) mass is 420 g/mol. The van der Waals surface area contributed by atoms with Gasteiger partial charge in [0.05, 0.1) is 12.0 Å². The second-order valence-corrected chi connectivity index (χ2v) is 8.58. The molecule has 1 N–H and O–H groups in total. The maximum Gasteiger partial charge on any atom is 0.260 e. The molecule has 0 saturated carbocycles. The summed E-state index contributed by atoms with van der Waals surface area (Å²) < 4.78 is 37.8. The first-order chi connectivity index (χ1) is 13.8. The van der Waals surface area contributed by atoms with Crippen LogP contribution in [0.4, 0.5) is 0 Å². The average molecular weight is 420 g/mol. The number of hydrogen-bond acceptors (Lipinski definition) is 6. The fraction of sp³-hybridized carbons (Fsp3) is 0.350. The van der Waals surface area contributed by atoms with Crippen LogP contribution >= 0.6 is 0 Å². The molecular formula is C20H24N2O6S. The molecule has 8 nitrogen and oxygen atoms in total. The highest BCUT2D eigenvalue weighted by Gasteiger charge is 2.31. The van der Waals surface area contributed by atoms with E-state index in [2.05, 4.69) is 0 Å². The molecule has 2 aromatic rings. The van der Waals surface area contributed by atoms with Crippen LogP contribution in [0, 0.1) is 6.92 Å². The number of benzene rings is 2. The van der Waals surface area contributed by atoms with Crippen LogP contribution in [0.3, 0.4) is 0 Å². The van der Waals surface area contributed by atoms with E-state index in [1.165, 1.54) is 17.5 Å². The van der Waals surface area contributed by atoms with E-state index in [4.69, 9.17) is 9.47 Å². The summed E-state index contributed by atoms with van der Waals surface area (Å²) in [6, 6.07) is 11.3. The lowest BCUT2D eigenvalue weighted by atomic mass is 10.2. The smallest absolute Gasteiger partial charge is 0.260 e. The van der Waals surface area contributed by atoms with E-state index in [-0.39, 0.29) is 55.1 Å². The van der Waals surface area contributed by atoms with Gasteiger partial charge in [0.15, 0.2) is 18.1 Å². The molecule has 1 heterocycles. The van der Waals surface area contributed by atoms with Gasteiger partial charge in [0.2, 0.25) is 10.0 Å². The Morgan fingerprint density at radius 1 is 1.10 bits per heavy atom. The van der Waals surface area contributed by atoms with Crippen LogP contribution in [-0.4, -0.2) is 68.5 Å². The number of carbonyl (C=O) groups is 1. The van der Waals surface area contributed by atoms with Crippen molar-refractivity contribution in [3.8, 4) is 17.2 Å². The van der Waals surface area contributed by atoms with Gasteiger partial charge in [-0.3, -0.25) is 4.79 Å². The number of para-hydroxylation sites is 2. The standard InChI is InChI=1S/C20H24N2O6S/c1-15-13-16(27-2)7-8-19(15)29(25,26)22-11-9-21(10-12-22)20(24)14-28-18-6-4-3-5-17(18)23/h3-8,13,23H,9-12,14H2,1-2H3. The zero-order valence-electron chi connectivity index (χ0n) is 16.4. The fourth-order valence-corrected chi connectivity index (χ4v) is 4.79. The Labute approximate surface area is 170 Å². The third-order valence-electron chi connectivity index (χ3n) is 4.81. The molecule has 3 rings (SSSR count). The zero-order chi connectivity index (χ0) is 21.0. The van der Waals surface area contributed by atoms with Crippen molar-refractivity contribution in [1.29, 1.82) is 0 Å². The van der Waals surface area contributed by atoms with E-state index in [0.29, 0.717) is 11.3 Å². The third kappa shape index (κ3) is 4.63. The molecule has 1 aliphatic heterocycles. The minimum Gasteiger partial charge on any atom is -0.504 e. The Kier molecular flexibility index (Phi) is 6.29. The molecule has 0 spiro atoms. The summed E-state index contributed by atoms with van der Waals surface area (Å²) in [7, 11) is -2.12. The Morgan fingerprint density at radius 2 is 1.79 bits per heavy atom. The van der Waals surface area contributed by atoms with Gasteiger partial charge in [-0.25, -0.2) is 8.42 Å². The van der Waals surface area contributed by atoms with Gasteiger partial charge < -0.3 is 19.5 Å². The SMILES string of the molecule is COc1ccc(S(=O)(=O)N2CCN(C(=O)COc3ccccc3O)CC2)c(C)c1. The predicted molar refractivity (Wildman–Crippen MR) is 107 cm³/mol. The van der Waals surface area contributed by atoms with E-state index >= 15 is 0 Å². The zero-order valence-corrected chi connectivity index (χ0v) is 17.2. The number of ether oxygens (including phenoxy) is 2. The van der Waals surface area contributed by atoms with E-state index in [1.807, 2.05) is 0 Å². The van der Waals surface area contributed by atoms with Gasteiger partial charge in [0.1, 0.15) is 5.75 Å². The number of aryl methyl sites for hydroxylation is 1. The highest BCUT2D eigenvalue weighted by atomic mass is 32.2. The number of phenolic OH excluding ortho intramolecular Hbond substituents is 1. The summed E-state index contributed by atoms with van der Waals surface area (Å²) in [5.74, 6) is 0.537. The highest BCUT2D eigenvalue weighted by Crippen LogP contribution is 2.26. The van der Waals surface area contributed by atoms with Gasteiger partial charge in [-0.15, -0.1) is 0 Å². The normalized spacial score (nSPS) is 15.2. The number of phenols is 1. The summed E-state index contributed by atoms with van der Waals surface area (Å²) in [6.07, 6.45) is 0. The molecule has 0 unspecified atom stereocenters. The van der Waals surface area contributed by atoms with Crippen LogP contribution in [-0.2, 0) is 14.8 Å². The summed E-state index contributed by atoms with van der Waals surface area (Å²) >= 11 is 0. The van der Waals surface area contributed by atoms with E-state index < -0.39 is 10.0 Å². The molecule has 156 valence electrons. The molecular weight excluding hydrogens is 396 g/mol. The van der Waals surface area contributed by atoms with Gasteiger partial charge in [-0.05, 0) is 42.8 Å². The van der Waals surface area contributed by atoms with Gasteiger partial charge >= 0.3 is 0 Å². The number of aromatic hydroxyl groups is 1. The lowest BCUT2D eigenvalue weighted by Gasteiger charge is -2.34. The number of sulfonamides is 1. The van der Waals surface area contributed by atoms with Crippen LogP contribution < -0.4 is 9.47 Å². The van der Waals surface area contributed by atoms with Crippen molar-refractivity contribution in [3.05, 3.63) is 48.0 Å². The quantitative estimate of drug-likeness (QED) is 0.763. The number of rotatable bonds is 6. The van der Waals surface area contributed by atoms with Crippen LogP contribution in [0.25, 0.3) is 0 Å². The summed E-state index contributed by atoms with van der Waals surface area (Å²) in [6.45, 7) is 2.47. The lowest BCUT2D eigenvalue weighted by Crippen LogP contribution is -2.51. The third-order valence-corrected chi connectivity index (χ3v) is 6.87. The molecule has 2 aromatic carbocycles. The molecule has 29 heavy (non-hydrogen) atoms. The summed E-state index contributed by atoms with van der Waals surface area (Å²) in [4.78, 5) is 14.2. The first-order valence-corrected chi connectivity index (χ1v) is 10.6. The average Bonchev–Trinajstić information content (AvgIpc) is 2.72. The minimum absolute atomic E-state index is 0.0360. The minimum atomic E-state index is -3.65. The largest absolute Gasteiger partial charge is 0.504 e. The Morgan fingerprint density at radius 3 is 2.41 bits per heavy atom. The second kappa shape index (κ2) is 8.71. The van der Waals surface area contributed by atoms with Crippen molar-refractivity contribution in [3.63, 3.8) is 0 Å². The second-order valence-electron chi connectivity index (χ2n) is 6.67. The van der Waals surface area contributed by atoms with E-state index in [0.717, 1.165) is 0 Å². The first kappa shape index (κ1) is 20.9. The Balaban J connectivity index is 1.59. The molecule has 0 atom stereocenters. The molecule has 1 aliphatic rings. The van der Waals surface area contributed by atoms with Gasteiger partial charge in [-0.1, -0.05) is 12.1 Å². The summed E-state index contributed by atoms with van der Waals surface area (Å²) in [5.41, 5.74) is 0.610. The van der Waals surface area contributed by atoms with E-state index in [9.17, 15) is 18.3 Å². The molecule has 0 aliphatic carbocycles. The van der Waals surface area contributed by atoms with Crippen molar-refractivity contribution >= 4 is 15.9 Å². The Hall–Kier alpha value is -2.78. The molecule has 0 radical (unpaired) electrons. The highest BCUT2D eigenvalue weighted by molar-refractivity contribution is 7.89. The first-order valence-electron chi connectivity index (χ1n) is 9.16. The number of amides is 1. The number of hydrogen-bond donors (Lipinski definition) is 1. The fourth-order valence-electron chi connectivity index (χ4n) is 3.17. The van der Waals surface area contributed by atoms with Crippen LogP contribution in [0.15, 0.2) is 47.4 Å². The van der Waals surface area contributed by atoms with E-state index in [1.54, 1.807) is 48.2 Å². The van der Waals surface area contributed by atoms with Gasteiger partial charge in [-0.2, -0.15) is 4.31 Å². The van der Waals surface area contributed by atoms with Crippen molar-refractivity contribution in [1.82, 2.24) is 9.21 Å². The number of nitrogens with zero attached hydrogens (tertiary/aromatic N) is 2. The van der Waals surface area contributed by atoms with Crippen molar-refractivity contribution in [2.24, 2.45) is 0 Å². The molecule has 1 saturated heterocycles. The maximum atomic E-state index is 13.0. The Bertz CT molecular complexity index is 984. The maximum absolute atomic E-state index is 13.0. The van der Waals surface area contributed by atoms with Crippen LogP contribution in [0.1, 0.15) is 5.56 Å². The van der Waals surface area contributed by atoms with Crippen molar-refractivity contribution in [2.45, 2.75) is 11.8 Å². The van der Waals surface area contributed by atoms with Crippen molar-refractivity contribution < 1.29 is 27.8 Å². The van der Waals surface area contributed by atoms with Gasteiger partial charge in [0, 0.05) is 26.2 Å². The molecule has 0 aromatic heterocycles.